The second kappa shape index (κ2) is 5.69. The van der Waals surface area contributed by atoms with Crippen LogP contribution in [0.2, 0.25) is 0 Å². The van der Waals surface area contributed by atoms with E-state index in [4.69, 9.17) is 12.2 Å². The summed E-state index contributed by atoms with van der Waals surface area (Å²) in [5, 5.41) is 3.93. The fourth-order valence-electron chi connectivity index (χ4n) is 2.05. The predicted molar refractivity (Wildman–Crippen MR) is 75.8 cm³/mol. The molecule has 2 unspecified atom stereocenters. The molecule has 0 aromatic heterocycles. The average molecular weight is 251 g/mol. The lowest BCUT2D eigenvalue weighted by molar-refractivity contribution is 0.537. The Balaban J connectivity index is 2.09. The van der Waals surface area contributed by atoms with Crippen molar-refractivity contribution >= 4 is 28.3 Å². The van der Waals surface area contributed by atoms with E-state index in [0.717, 1.165) is 4.32 Å². The number of hydrogen-bond donors (Lipinski definition) is 1. The molecular weight excluding hydrogens is 234 g/mol. The van der Waals surface area contributed by atoms with E-state index in [-0.39, 0.29) is 0 Å². The van der Waals surface area contributed by atoms with E-state index in [2.05, 4.69) is 42.6 Å². The molecule has 3 heteroatoms. The molecule has 0 spiro atoms. The van der Waals surface area contributed by atoms with Gasteiger partial charge in [0.05, 0.1) is 5.25 Å². The van der Waals surface area contributed by atoms with Crippen LogP contribution < -0.4 is 5.32 Å². The largest absolute Gasteiger partial charge is 0.367 e. The molecule has 1 heterocycles. The van der Waals surface area contributed by atoms with Crippen molar-refractivity contribution < 1.29 is 0 Å². The molecule has 0 saturated carbocycles. The zero-order valence-corrected chi connectivity index (χ0v) is 11.1. The van der Waals surface area contributed by atoms with Gasteiger partial charge in [-0.3, -0.25) is 0 Å². The van der Waals surface area contributed by atoms with Gasteiger partial charge < -0.3 is 5.32 Å². The van der Waals surface area contributed by atoms with Gasteiger partial charge in [0.15, 0.2) is 0 Å². The lowest BCUT2D eigenvalue weighted by Gasteiger charge is -2.18. The van der Waals surface area contributed by atoms with E-state index in [9.17, 15) is 0 Å². The number of rotatable bonds is 4. The molecular formula is C13H17NS2. The predicted octanol–water partition coefficient (Wildman–Crippen LogP) is 3.91. The number of thioether (sulfide) groups is 1. The summed E-state index contributed by atoms with van der Waals surface area (Å²) in [6.07, 6.45) is 3.73. The van der Waals surface area contributed by atoms with E-state index in [0.29, 0.717) is 11.3 Å². The van der Waals surface area contributed by atoms with Crippen LogP contribution in [0.1, 0.15) is 37.0 Å². The summed E-state index contributed by atoms with van der Waals surface area (Å²) in [7, 11) is 0. The van der Waals surface area contributed by atoms with E-state index in [1.54, 1.807) is 11.8 Å². The van der Waals surface area contributed by atoms with Crippen LogP contribution in [0.5, 0.6) is 0 Å². The zero-order chi connectivity index (χ0) is 11.4. The number of unbranched alkanes of at least 4 members (excludes halogenated alkanes) is 1. The van der Waals surface area contributed by atoms with Crippen LogP contribution in [-0.4, -0.2) is 10.4 Å². The Morgan fingerprint density at radius 2 is 2.06 bits per heavy atom. The summed E-state index contributed by atoms with van der Waals surface area (Å²) in [5.74, 6) is 0. The van der Waals surface area contributed by atoms with Crippen molar-refractivity contribution in [3.05, 3.63) is 35.9 Å². The highest BCUT2D eigenvalue weighted by molar-refractivity contribution is 8.23. The van der Waals surface area contributed by atoms with Crippen LogP contribution in [0.3, 0.4) is 0 Å². The normalized spacial score (nSPS) is 24.4. The van der Waals surface area contributed by atoms with Crippen LogP contribution in [0, 0.1) is 0 Å². The standard InChI is InChI=1S/C13H17NS2/c1-2-3-9-11-12(16-13(15)14-11)10-7-5-4-6-8-10/h4-8,11-12H,2-3,9H2,1H3,(H,14,15). The molecule has 1 aliphatic rings. The third-order valence-corrected chi connectivity index (χ3v) is 4.49. The van der Waals surface area contributed by atoms with Crippen molar-refractivity contribution in [1.82, 2.24) is 5.32 Å². The minimum absolute atomic E-state index is 0.500. The van der Waals surface area contributed by atoms with Gasteiger partial charge in [-0.25, -0.2) is 0 Å². The Morgan fingerprint density at radius 3 is 2.75 bits per heavy atom. The van der Waals surface area contributed by atoms with Gasteiger partial charge in [0, 0.05) is 6.04 Å². The van der Waals surface area contributed by atoms with Gasteiger partial charge in [0.2, 0.25) is 0 Å². The smallest absolute Gasteiger partial charge is 0.134 e. The molecule has 0 bridgehead atoms. The summed E-state index contributed by atoms with van der Waals surface area (Å²) >= 11 is 7.07. The maximum atomic E-state index is 5.28. The highest BCUT2D eigenvalue weighted by Gasteiger charge is 2.31. The summed E-state index contributed by atoms with van der Waals surface area (Å²) in [5.41, 5.74) is 1.39. The quantitative estimate of drug-likeness (QED) is 0.815. The second-order valence-electron chi connectivity index (χ2n) is 4.13. The van der Waals surface area contributed by atoms with Crippen LogP contribution in [0.15, 0.2) is 30.3 Å². The molecule has 1 saturated heterocycles. The minimum atomic E-state index is 0.500. The molecule has 86 valence electrons. The van der Waals surface area contributed by atoms with Crippen LogP contribution in [0.25, 0.3) is 0 Å². The Labute approximate surface area is 107 Å². The average Bonchev–Trinajstić information content (AvgIpc) is 2.69. The molecule has 0 amide bonds. The van der Waals surface area contributed by atoms with E-state index in [1.807, 2.05) is 0 Å². The Morgan fingerprint density at radius 1 is 1.31 bits per heavy atom. The SMILES string of the molecule is CCCCC1NC(=S)SC1c1ccccc1. The molecule has 16 heavy (non-hydrogen) atoms. The molecule has 1 aromatic rings. The first-order valence-electron chi connectivity index (χ1n) is 5.83. The molecule has 1 aromatic carbocycles. The maximum Gasteiger partial charge on any atom is 0.134 e. The summed E-state index contributed by atoms with van der Waals surface area (Å²) in [6, 6.07) is 11.2. The molecule has 2 rings (SSSR count). The van der Waals surface area contributed by atoms with Gasteiger partial charge >= 0.3 is 0 Å². The summed E-state index contributed by atoms with van der Waals surface area (Å²) in [6.45, 7) is 2.23. The lowest BCUT2D eigenvalue weighted by atomic mass is 10.0. The fraction of sp³-hybridized carbons (Fsp3) is 0.462. The molecule has 1 N–H and O–H groups in total. The van der Waals surface area contributed by atoms with Gasteiger partial charge in [-0.2, -0.15) is 0 Å². The zero-order valence-electron chi connectivity index (χ0n) is 9.48. The number of nitrogens with one attached hydrogen (secondary N) is 1. The molecule has 2 atom stereocenters. The van der Waals surface area contributed by atoms with Crippen LogP contribution in [-0.2, 0) is 0 Å². The van der Waals surface area contributed by atoms with Crippen LogP contribution >= 0.6 is 24.0 Å². The van der Waals surface area contributed by atoms with Gasteiger partial charge in [-0.15, -0.1) is 0 Å². The van der Waals surface area contributed by atoms with Gasteiger partial charge in [0.25, 0.3) is 0 Å². The van der Waals surface area contributed by atoms with Gasteiger partial charge in [0.1, 0.15) is 4.32 Å². The molecule has 1 nitrogen and oxygen atoms in total. The van der Waals surface area contributed by atoms with E-state index in [1.165, 1.54) is 24.8 Å². The third-order valence-electron chi connectivity index (χ3n) is 2.90. The van der Waals surface area contributed by atoms with Gasteiger partial charge in [-0.1, -0.05) is 74.1 Å². The Kier molecular flexibility index (Phi) is 4.24. The monoisotopic (exact) mass is 251 g/mol. The highest BCUT2D eigenvalue weighted by Crippen LogP contribution is 2.39. The number of hydrogen-bond acceptors (Lipinski definition) is 2. The van der Waals surface area contributed by atoms with Crippen molar-refractivity contribution in [3.8, 4) is 0 Å². The molecule has 1 fully saturated rings. The second-order valence-corrected chi connectivity index (χ2v) is 5.95. The summed E-state index contributed by atoms with van der Waals surface area (Å²) in [4.78, 5) is 0. The maximum absolute atomic E-state index is 5.28. The van der Waals surface area contributed by atoms with Crippen LogP contribution in [0.4, 0.5) is 0 Å². The topological polar surface area (TPSA) is 12.0 Å². The first kappa shape index (κ1) is 11.9. The minimum Gasteiger partial charge on any atom is -0.367 e. The molecule has 1 aliphatic heterocycles. The fourth-order valence-corrected chi connectivity index (χ4v) is 3.62. The number of benzene rings is 1. The first-order valence-corrected chi connectivity index (χ1v) is 7.12. The van der Waals surface area contributed by atoms with E-state index < -0.39 is 0 Å². The first-order chi connectivity index (χ1) is 7.81. The third kappa shape index (κ3) is 2.77. The van der Waals surface area contributed by atoms with E-state index >= 15 is 0 Å². The molecule has 0 radical (unpaired) electrons. The van der Waals surface area contributed by atoms with Crippen molar-refractivity contribution in [1.29, 1.82) is 0 Å². The Hall–Kier alpha value is -0.540. The molecule has 0 aliphatic carbocycles. The van der Waals surface area contributed by atoms with Crippen molar-refractivity contribution in [2.24, 2.45) is 0 Å². The van der Waals surface area contributed by atoms with Crippen molar-refractivity contribution in [2.75, 3.05) is 0 Å². The highest BCUT2D eigenvalue weighted by atomic mass is 32.2. The Bertz CT molecular complexity index is 350. The lowest BCUT2D eigenvalue weighted by Crippen LogP contribution is -2.27. The van der Waals surface area contributed by atoms with Gasteiger partial charge in [-0.05, 0) is 12.0 Å². The number of thiocarbonyl (C=S) groups is 1. The van der Waals surface area contributed by atoms with Crippen molar-refractivity contribution in [2.45, 2.75) is 37.5 Å². The summed E-state index contributed by atoms with van der Waals surface area (Å²) < 4.78 is 0.954. The van der Waals surface area contributed by atoms with Crippen molar-refractivity contribution in [3.63, 3.8) is 0 Å².